The molecule has 0 aromatic heterocycles. The third-order valence-corrected chi connectivity index (χ3v) is 4.48. The molecular weight excluding hydrogens is 334 g/mol. The summed E-state index contributed by atoms with van der Waals surface area (Å²) in [4.78, 5) is 24.9. The smallest absolute Gasteiger partial charge is 0.317 e. The van der Waals surface area contributed by atoms with Crippen molar-refractivity contribution in [2.24, 2.45) is 0 Å². The fourth-order valence-electron chi connectivity index (χ4n) is 3.11. The number of carboxylic acid groups (broad SMARTS) is 1. The molecular formula is C19H29N3O4. The third kappa shape index (κ3) is 5.91. The minimum absolute atomic E-state index is 0.0483. The number of carbonyl (C=O) groups excluding carboxylic acids is 1. The van der Waals surface area contributed by atoms with Crippen molar-refractivity contribution >= 4 is 12.0 Å². The molecule has 0 radical (unpaired) electrons. The maximum atomic E-state index is 12.1. The number of nitrogens with one attached hydrogen (secondary N) is 2. The summed E-state index contributed by atoms with van der Waals surface area (Å²) in [6.07, 6.45) is 1.63. The standard InChI is InChI=1S/C19H29N3O4/c1-4-22(12-18(23)24)16-9-15(10-16)21-19(25)20-11-14-7-5-6-8-17(14)26-13(2)3/h5-8,13,15-16H,4,9-12H2,1-3H3,(H,23,24)(H2,20,21,25). The lowest BCUT2D eigenvalue weighted by atomic mass is 9.85. The largest absolute Gasteiger partial charge is 0.491 e. The highest BCUT2D eigenvalue weighted by Crippen LogP contribution is 2.25. The second kappa shape index (κ2) is 9.43. The molecule has 7 heteroatoms. The van der Waals surface area contributed by atoms with Gasteiger partial charge in [-0.3, -0.25) is 9.69 Å². The highest BCUT2D eigenvalue weighted by Gasteiger charge is 2.34. The van der Waals surface area contributed by atoms with Crippen LogP contribution in [0, 0.1) is 0 Å². The van der Waals surface area contributed by atoms with Crippen molar-refractivity contribution in [3.63, 3.8) is 0 Å². The van der Waals surface area contributed by atoms with Gasteiger partial charge in [-0.05, 0) is 39.3 Å². The van der Waals surface area contributed by atoms with Gasteiger partial charge < -0.3 is 20.5 Å². The predicted octanol–water partition coefficient (Wildman–Crippen LogP) is 2.21. The van der Waals surface area contributed by atoms with Crippen LogP contribution in [0.5, 0.6) is 5.75 Å². The van der Waals surface area contributed by atoms with E-state index in [4.69, 9.17) is 9.84 Å². The number of hydrogen-bond donors (Lipinski definition) is 3. The zero-order valence-electron chi connectivity index (χ0n) is 15.7. The molecule has 0 heterocycles. The van der Waals surface area contributed by atoms with Crippen LogP contribution in [0.3, 0.4) is 0 Å². The van der Waals surface area contributed by atoms with E-state index in [0.29, 0.717) is 13.1 Å². The Kier molecular flexibility index (Phi) is 7.26. The average Bonchev–Trinajstić information content (AvgIpc) is 2.54. The fraction of sp³-hybridized carbons (Fsp3) is 0.579. The molecule has 0 spiro atoms. The van der Waals surface area contributed by atoms with Gasteiger partial charge in [-0.15, -0.1) is 0 Å². The van der Waals surface area contributed by atoms with Crippen molar-refractivity contribution in [1.29, 1.82) is 0 Å². The van der Waals surface area contributed by atoms with E-state index in [1.165, 1.54) is 0 Å². The first-order valence-corrected chi connectivity index (χ1v) is 9.13. The summed E-state index contributed by atoms with van der Waals surface area (Å²) in [7, 11) is 0. The summed E-state index contributed by atoms with van der Waals surface area (Å²) in [5.41, 5.74) is 0.932. The first-order valence-electron chi connectivity index (χ1n) is 9.13. The van der Waals surface area contributed by atoms with Crippen LogP contribution in [0.2, 0.25) is 0 Å². The first kappa shape index (κ1) is 20.0. The Morgan fingerprint density at radius 3 is 2.62 bits per heavy atom. The number of urea groups is 1. The molecule has 0 aliphatic heterocycles. The average molecular weight is 363 g/mol. The monoisotopic (exact) mass is 363 g/mol. The van der Waals surface area contributed by atoms with E-state index in [9.17, 15) is 9.59 Å². The van der Waals surface area contributed by atoms with Crippen molar-refractivity contribution in [3.8, 4) is 5.75 Å². The molecule has 2 rings (SSSR count). The van der Waals surface area contributed by atoms with E-state index in [-0.39, 0.29) is 30.8 Å². The topological polar surface area (TPSA) is 90.9 Å². The molecule has 1 fully saturated rings. The van der Waals surface area contributed by atoms with Gasteiger partial charge in [-0.25, -0.2) is 4.79 Å². The summed E-state index contributed by atoms with van der Waals surface area (Å²) >= 11 is 0. The molecule has 1 aliphatic carbocycles. The van der Waals surface area contributed by atoms with E-state index >= 15 is 0 Å². The maximum Gasteiger partial charge on any atom is 0.317 e. The van der Waals surface area contributed by atoms with Crippen LogP contribution in [-0.2, 0) is 11.3 Å². The zero-order chi connectivity index (χ0) is 19.1. The molecule has 1 saturated carbocycles. The number of benzene rings is 1. The molecule has 1 aliphatic rings. The number of rotatable bonds is 9. The molecule has 7 nitrogen and oxygen atoms in total. The molecule has 1 aromatic rings. The number of carbonyl (C=O) groups is 2. The number of hydrogen-bond acceptors (Lipinski definition) is 4. The van der Waals surface area contributed by atoms with Crippen LogP contribution in [0.15, 0.2) is 24.3 Å². The lowest BCUT2D eigenvalue weighted by molar-refractivity contribution is -0.139. The number of aliphatic carboxylic acids is 1. The summed E-state index contributed by atoms with van der Waals surface area (Å²) in [5, 5.41) is 14.7. The summed E-state index contributed by atoms with van der Waals surface area (Å²) < 4.78 is 5.75. The molecule has 0 unspecified atom stereocenters. The minimum atomic E-state index is -0.816. The lowest BCUT2D eigenvalue weighted by Crippen LogP contribution is -2.56. The Labute approximate surface area is 154 Å². The van der Waals surface area contributed by atoms with Gasteiger partial charge in [0.1, 0.15) is 5.75 Å². The molecule has 144 valence electrons. The number of para-hydroxylation sites is 1. The van der Waals surface area contributed by atoms with Gasteiger partial charge in [0, 0.05) is 24.2 Å². The highest BCUT2D eigenvalue weighted by molar-refractivity contribution is 5.74. The number of amides is 2. The predicted molar refractivity (Wildman–Crippen MR) is 99.3 cm³/mol. The first-order chi connectivity index (χ1) is 12.4. The second-order valence-electron chi connectivity index (χ2n) is 6.88. The van der Waals surface area contributed by atoms with E-state index in [1.807, 2.05) is 49.9 Å². The molecule has 2 amide bonds. The van der Waals surface area contributed by atoms with Gasteiger partial charge in [-0.1, -0.05) is 25.1 Å². The lowest BCUT2D eigenvalue weighted by Gasteiger charge is -2.42. The van der Waals surface area contributed by atoms with Crippen molar-refractivity contribution in [2.45, 2.75) is 58.3 Å². The van der Waals surface area contributed by atoms with Crippen LogP contribution in [0.4, 0.5) is 4.79 Å². The molecule has 0 atom stereocenters. The number of ether oxygens (including phenoxy) is 1. The van der Waals surface area contributed by atoms with Crippen LogP contribution < -0.4 is 15.4 Å². The SMILES string of the molecule is CCN(CC(=O)O)C1CC(NC(=O)NCc2ccccc2OC(C)C)C1. The Bertz CT molecular complexity index is 615. The number of likely N-dealkylation sites (N-methyl/N-ethyl adjacent to an activating group) is 1. The molecule has 3 N–H and O–H groups in total. The van der Waals surface area contributed by atoms with Crippen LogP contribution >= 0.6 is 0 Å². The van der Waals surface area contributed by atoms with Crippen molar-refractivity contribution < 1.29 is 19.4 Å². The van der Waals surface area contributed by atoms with Gasteiger partial charge in [0.25, 0.3) is 0 Å². The third-order valence-electron chi connectivity index (χ3n) is 4.48. The van der Waals surface area contributed by atoms with Crippen LogP contribution in [-0.4, -0.2) is 53.3 Å². The number of carboxylic acids is 1. The van der Waals surface area contributed by atoms with E-state index < -0.39 is 5.97 Å². The summed E-state index contributed by atoms with van der Waals surface area (Å²) in [6, 6.07) is 7.75. The quantitative estimate of drug-likeness (QED) is 0.626. The van der Waals surface area contributed by atoms with Crippen molar-refractivity contribution in [3.05, 3.63) is 29.8 Å². The summed E-state index contributed by atoms with van der Waals surface area (Å²) in [5.74, 6) is -0.0398. The molecule has 1 aromatic carbocycles. The van der Waals surface area contributed by atoms with Crippen LogP contribution in [0.25, 0.3) is 0 Å². The maximum absolute atomic E-state index is 12.1. The van der Waals surface area contributed by atoms with Gasteiger partial charge >= 0.3 is 12.0 Å². The van der Waals surface area contributed by atoms with Crippen molar-refractivity contribution in [1.82, 2.24) is 15.5 Å². The minimum Gasteiger partial charge on any atom is -0.491 e. The van der Waals surface area contributed by atoms with Gasteiger partial charge in [0.2, 0.25) is 0 Å². The Balaban J connectivity index is 1.75. The van der Waals surface area contributed by atoms with E-state index in [2.05, 4.69) is 10.6 Å². The van der Waals surface area contributed by atoms with Gasteiger partial charge in [-0.2, -0.15) is 0 Å². The Morgan fingerprint density at radius 1 is 1.31 bits per heavy atom. The Hall–Kier alpha value is -2.28. The molecule has 26 heavy (non-hydrogen) atoms. The van der Waals surface area contributed by atoms with Crippen molar-refractivity contribution in [2.75, 3.05) is 13.1 Å². The van der Waals surface area contributed by atoms with Gasteiger partial charge in [0.15, 0.2) is 0 Å². The second-order valence-corrected chi connectivity index (χ2v) is 6.88. The van der Waals surface area contributed by atoms with E-state index in [0.717, 1.165) is 24.2 Å². The fourth-order valence-corrected chi connectivity index (χ4v) is 3.11. The Morgan fingerprint density at radius 2 is 2.00 bits per heavy atom. The molecule has 0 bridgehead atoms. The number of nitrogens with zero attached hydrogens (tertiary/aromatic N) is 1. The highest BCUT2D eigenvalue weighted by atomic mass is 16.5. The molecule has 0 saturated heterocycles. The normalized spacial score (nSPS) is 19.1. The van der Waals surface area contributed by atoms with Crippen LogP contribution in [0.1, 0.15) is 39.2 Å². The van der Waals surface area contributed by atoms with Gasteiger partial charge in [0.05, 0.1) is 12.6 Å². The zero-order valence-corrected chi connectivity index (χ0v) is 15.7. The van der Waals surface area contributed by atoms with E-state index in [1.54, 1.807) is 0 Å². The summed E-state index contributed by atoms with van der Waals surface area (Å²) in [6.45, 7) is 7.02.